The Morgan fingerprint density at radius 2 is 2.17 bits per heavy atom. The number of ether oxygens (including phenoxy) is 2. The average Bonchev–Trinajstić information content (AvgIpc) is 2.42. The molecule has 1 aliphatic rings. The predicted molar refractivity (Wildman–Crippen MR) is 66.0 cm³/mol. The summed E-state index contributed by atoms with van der Waals surface area (Å²) in [7, 11) is 2.95. The van der Waals surface area contributed by atoms with Crippen molar-refractivity contribution in [1.82, 2.24) is 5.32 Å². The molecule has 1 atom stereocenters. The Morgan fingerprint density at radius 3 is 2.72 bits per heavy atom. The van der Waals surface area contributed by atoms with Crippen molar-refractivity contribution in [3.05, 3.63) is 17.4 Å². The van der Waals surface area contributed by atoms with Crippen LogP contribution in [0, 0.1) is 5.82 Å². The number of halogens is 1. The van der Waals surface area contributed by atoms with Gasteiger partial charge in [-0.05, 0) is 19.4 Å². The molecule has 18 heavy (non-hydrogen) atoms. The van der Waals surface area contributed by atoms with Crippen LogP contribution in [0.1, 0.15) is 24.3 Å². The quantitative estimate of drug-likeness (QED) is 0.867. The molecule has 0 amide bonds. The summed E-state index contributed by atoms with van der Waals surface area (Å²) in [4.78, 5) is 0. The summed E-state index contributed by atoms with van der Waals surface area (Å²) in [5, 5.41) is 12.9. The van der Waals surface area contributed by atoms with E-state index < -0.39 is 11.6 Å². The summed E-state index contributed by atoms with van der Waals surface area (Å²) in [5.41, 5.74) is 0.404. The van der Waals surface area contributed by atoms with E-state index in [1.165, 1.54) is 20.3 Å². The monoisotopic (exact) mass is 255 g/mol. The predicted octanol–water partition coefficient (Wildman–Crippen LogP) is 2.02. The summed E-state index contributed by atoms with van der Waals surface area (Å²) in [6.45, 7) is 1.62. The van der Waals surface area contributed by atoms with E-state index in [0.29, 0.717) is 23.6 Å². The molecule has 0 aliphatic carbocycles. The second kappa shape index (κ2) is 5.44. The maximum absolute atomic E-state index is 14.1. The standard InChI is InChI=1S/C13H18FNO3/c1-17-10-6-9(16)12(14)11(13(10)18-2)8-4-3-5-15-7-8/h6,8,15-16H,3-5,7H2,1-2H3. The lowest BCUT2D eigenvalue weighted by atomic mass is 9.90. The lowest BCUT2D eigenvalue weighted by molar-refractivity contribution is 0.330. The molecule has 1 aliphatic heterocycles. The fraction of sp³-hybridized carbons (Fsp3) is 0.538. The Hall–Kier alpha value is -1.49. The molecular weight excluding hydrogens is 237 g/mol. The number of rotatable bonds is 3. The van der Waals surface area contributed by atoms with Gasteiger partial charge in [0.1, 0.15) is 0 Å². The van der Waals surface area contributed by atoms with Gasteiger partial charge in [-0.3, -0.25) is 0 Å². The highest BCUT2D eigenvalue weighted by molar-refractivity contribution is 5.54. The molecule has 0 radical (unpaired) electrons. The van der Waals surface area contributed by atoms with Crippen LogP contribution in [0.15, 0.2) is 6.07 Å². The van der Waals surface area contributed by atoms with Crippen LogP contribution in [0.25, 0.3) is 0 Å². The first-order chi connectivity index (χ1) is 8.69. The van der Waals surface area contributed by atoms with Crippen LogP contribution in [0.3, 0.4) is 0 Å². The van der Waals surface area contributed by atoms with Gasteiger partial charge in [0, 0.05) is 24.1 Å². The third-order valence-corrected chi connectivity index (χ3v) is 3.33. The Bertz CT molecular complexity index is 431. The van der Waals surface area contributed by atoms with E-state index in [4.69, 9.17) is 9.47 Å². The number of phenols is 1. The minimum absolute atomic E-state index is 0.00491. The number of hydrogen-bond donors (Lipinski definition) is 2. The maximum Gasteiger partial charge on any atom is 0.172 e. The zero-order valence-corrected chi connectivity index (χ0v) is 10.6. The first-order valence-corrected chi connectivity index (χ1v) is 6.03. The van der Waals surface area contributed by atoms with E-state index in [1.807, 2.05) is 0 Å². The van der Waals surface area contributed by atoms with Gasteiger partial charge in [-0.15, -0.1) is 0 Å². The Labute approximate surface area is 106 Å². The molecule has 0 bridgehead atoms. The molecule has 0 saturated carbocycles. The van der Waals surface area contributed by atoms with Gasteiger partial charge in [0.05, 0.1) is 14.2 Å². The molecule has 5 heteroatoms. The molecule has 2 rings (SSSR count). The first kappa shape index (κ1) is 13.0. The highest BCUT2D eigenvalue weighted by Gasteiger charge is 2.27. The van der Waals surface area contributed by atoms with Crippen LogP contribution in [-0.2, 0) is 0 Å². The van der Waals surface area contributed by atoms with Crippen LogP contribution >= 0.6 is 0 Å². The van der Waals surface area contributed by atoms with E-state index >= 15 is 0 Å². The Kier molecular flexibility index (Phi) is 3.91. The molecule has 1 unspecified atom stereocenters. The fourth-order valence-corrected chi connectivity index (χ4v) is 2.45. The van der Waals surface area contributed by atoms with E-state index in [1.54, 1.807) is 0 Å². The van der Waals surface area contributed by atoms with Gasteiger partial charge in [-0.25, -0.2) is 4.39 Å². The zero-order valence-electron chi connectivity index (χ0n) is 10.6. The molecule has 1 heterocycles. The van der Waals surface area contributed by atoms with Gasteiger partial charge in [0.2, 0.25) is 0 Å². The molecule has 1 aromatic carbocycles. The van der Waals surface area contributed by atoms with Crippen molar-refractivity contribution in [1.29, 1.82) is 0 Å². The van der Waals surface area contributed by atoms with Crippen LogP contribution in [0.5, 0.6) is 17.2 Å². The van der Waals surface area contributed by atoms with Crippen molar-refractivity contribution in [3.63, 3.8) is 0 Å². The van der Waals surface area contributed by atoms with Crippen molar-refractivity contribution in [2.24, 2.45) is 0 Å². The number of phenolic OH excluding ortho intramolecular Hbond substituents is 1. The number of nitrogens with one attached hydrogen (secondary N) is 1. The minimum Gasteiger partial charge on any atom is -0.505 e. The third-order valence-electron chi connectivity index (χ3n) is 3.33. The van der Waals surface area contributed by atoms with Crippen LogP contribution in [-0.4, -0.2) is 32.4 Å². The molecular formula is C13H18FNO3. The number of methoxy groups -OCH3 is 2. The largest absolute Gasteiger partial charge is 0.505 e. The summed E-state index contributed by atoms with van der Waals surface area (Å²) in [5.74, 6) is -0.275. The number of piperidine rings is 1. The minimum atomic E-state index is -0.610. The second-order valence-corrected chi connectivity index (χ2v) is 4.40. The molecule has 4 nitrogen and oxygen atoms in total. The molecule has 1 fully saturated rings. The smallest absolute Gasteiger partial charge is 0.172 e. The van der Waals surface area contributed by atoms with E-state index in [2.05, 4.69) is 5.32 Å². The highest BCUT2D eigenvalue weighted by Crippen LogP contribution is 2.43. The number of hydrogen-bond acceptors (Lipinski definition) is 4. The Balaban J connectivity index is 2.51. The van der Waals surface area contributed by atoms with Crippen molar-refractivity contribution in [2.75, 3.05) is 27.3 Å². The highest BCUT2D eigenvalue weighted by atomic mass is 19.1. The molecule has 1 aromatic rings. The van der Waals surface area contributed by atoms with Crippen molar-refractivity contribution in [2.45, 2.75) is 18.8 Å². The van der Waals surface area contributed by atoms with Crippen molar-refractivity contribution >= 4 is 0 Å². The van der Waals surface area contributed by atoms with Gasteiger partial charge in [-0.1, -0.05) is 0 Å². The van der Waals surface area contributed by atoms with E-state index in [9.17, 15) is 9.50 Å². The van der Waals surface area contributed by atoms with Gasteiger partial charge in [-0.2, -0.15) is 0 Å². The third kappa shape index (κ3) is 2.22. The average molecular weight is 255 g/mol. The topological polar surface area (TPSA) is 50.7 Å². The van der Waals surface area contributed by atoms with Crippen LogP contribution in [0.2, 0.25) is 0 Å². The van der Waals surface area contributed by atoms with Gasteiger partial charge in [0.15, 0.2) is 23.1 Å². The summed E-state index contributed by atoms with van der Waals surface area (Å²) < 4.78 is 24.5. The molecule has 1 saturated heterocycles. The van der Waals surface area contributed by atoms with Crippen LogP contribution < -0.4 is 14.8 Å². The molecule has 0 aromatic heterocycles. The lowest BCUT2D eigenvalue weighted by Crippen LogP contribution is -2.29. The molecule has 2 N–H and O–H groups in total. The van der Waals surface area contributed by atoms with Crippen molar-refractivity contribution < 1.29 is 19.0 Å². The normalized spacial score (nSPS) is 19.6. The number of aromatic hydroxyl groups is 1. The second-order valence-electron chi connectivity index (χ2n) is 4.40. The van der Waals surface area contributed by atoms with E-state index in [-0.39, 0.29) is 5.92 Å². The summed E-state index contributed by atoms with van der Waals surface area (Å²) >= 11 is 0. The van der Waals surface area contributed by atoms with Crippen LogP contribution in [0.4, 0.5) is 4.39 Å². The van der Waals surface area contributed by atoms with Gasteiger partial charge < -0.3 is 19.9 Å². The summed E-state index contributed by atoms with van der Waals surface area (Å²) in [6, 6.07) is 1.24. The number of benzene rings is 1. The van der Waals surface area contributed by atoms with Gasteiger partial charge >= 0.3 is 0 Å². The fourth-order valence-electron chi connectivity index (χ4n) is 2.45. The van der Waals surface area contributed by atoms with Crippen molar-refractivity contribution in [3.8, 4) is 17.2 Å². The Morgan fingerprint density at radius 1 is 1.39 bits per heavy atom. The molecule has 100 valence electrons. The first-order valence-electron chi connectivity index (χ1n) is 6.03. The summed E-state index contributed by atoms with van der Waals surface area (Å²) in [6.07, 6.45) is 1.85. The van der Waals surface area contributed by atoms with E-state index in [0.717, 1.165) is 19.4 Å². The molecule has 0 spiro atoms. The maximum atomic E-state index is 14.1. The lowest BCUT2D eigenvalue weighted by Gasteiger charge is -2.26. The SMILES string of the molecule is COc1cc(O)c(F)c(C2CCCNC2)c1OC. The van der Waals surface area contributed by atoms with Gasteiger partial charge in [0.25, 0.3) is 0 Å². The zero-order chi connectivity index (χ0) is 13.1.